The summed E-state index contributed by atoms with van der Waals surface area (Å²) in [5.41, 5.74) is 7.57. The van der Waals surface area contributed by atoms with Gasteiger partial charge in [0.2, 0.25) is 0 Å². The highest BCUT2D eigenvalue weighted by molar-refractivity contribution is 9.11. The van der Waals surface area contributed by atoms with Gasteiger partial charge in [-0.3, -0.25) is 4.72 Å². The van der Waals surface area contributed by atoms with Crippen molar-refractivity contribution in [3.8, 4) is 0 Å². The van der Waals surface area contributed by atoms with Crippen LogP contribution in [0.3, 0.4) is 0 Å². The van der Waals surface area contributed by atoms with Gasteiger partial charge in [0.25, 0.3) is 10.0 Å². The van der Waals surface area contributed by atoms with Gasteiger partial charge in [0.05, 0.1) is 5.69 Å². The lowest BCUT2D eigenvalue weighted by Gasteiger charge is -2.13. The number of anilines is 2. The largest absolute Gasteiger partial charge is 0.399 e. The van der Waals surface area contributed by atoms with Crippen LogP contribution in [-0.4, -0.2) is 8.42 Å². The van der Waals surface area contributed by atoms with E-state index in [0.29, 0.717) is 24.8 Å². The summed E-state index contributed by atoms with van der Waals surface area (Å²) in [4.78, 5) is 0.121. The van der Waals surface area contributed by atoms with Gasteiger partial charge in [-0.15, -0.1) is 0 Å². The van der Waals surface area contributed by atoms with Crippen LogP contribution in [0.5, 0.6) is 0 Å². The molecule has 21 heavy (non-hydrogen) atoms. The fourth-order valence-electron chi connectivity index (χ4n) is 1.72. The van der Waals surface area contributed by atoms with Crippen LogP contribution in [-0.2, 0) is 10.0 Å². The van der Waals surface area contributed by atoms with Gasteiger partial charge in [-0.2, -0.15) is 0 Å². The highest BCUT2D eigenvalue weighted by Crippen LogP contribution is 2.35. The van der Waals surface area contributed by atoms with Gasteiger partial charge in [-0.25, -0.2) is 8.42 Å². The van der Waals surface area contributed by atoms with Crippen LogP contribution in [0.15, 0.2) is 48.6 Å². The Labute approximate surface area is 148 Å². The minimum Gasteiger partial charge on any atom is -0.399 e. The first-order chi connectivity index (χ1) is 9.70. The van der Waals surface area contributed by atoms with E-state index < -0.39 is 10.0 Å². The van der Waals surface area contributed by atoms with E-state index in [-0.39, 0.29) is 4.90 Å². The zero-order valence-corrected chi connectivity index (χ0v) is 16.4. The standard InChI is InChI=1S/C13H11Br3N2O2S/c1-7-4-10(15)13(11(16)5-7)18-21(19,20)12-3-2-8(17)6-9(12)14/h2-6,18H,17H2,1H3. The number of nitrogen functional groups attached to an aromatic ring is 1. The Morgan fingerprint density at radius 3 is 2.10 bits per heavy atom. The molecule has 0 aliphatic carbocycles. The maximum absolute atomic E-state index is 12.5. The van der Waals surface area contributed by atoms with Gasteiger partial charge in [0.15, 0.2) is 0 Å². The van der Waals surface area contributed by atoms with Crippen molar-refractivity contribution in [2.75, 3.05) is 10.5 Å². The lowest BCUT2D eigenvalue weighted by atomic mass is 10.2. The van der Waals surface area contributed by atoms with Crippen molar-refractivity contribution in [2.45, 2.75) is 11.8 Å². The normalized spacial score (nSPS) is 11.4. The SMILES string of the molecule is Cc1cc(Br)c(NS(=O)(=O)c2ccc(N)cc2Br)c(Br)c1. The Bertz CT molecular complexity index is 784. The zero-order chi connectivity index (χ0) is 15.8. The summed E-state index contributed by atoms with van der Waals surface area (Å²) >= 11 is 9.95. The van der Waals surface area contributed by atoms with E-state index in [0.717, 1.165) is 5.56 Å². The van der Waals surface area contributed by atoms with Crippen LogP contribution in [0.25, 0.3) is 0 Å². The van der Waals surface area contributed by atoms with Gasteiger partial charge < -0.3 is 5.73 Å². The highest BCUT2D eigenvalue weighted by Gasteiger charge is 2.20. The summed E-state index contributed by atoms with van der Waals surface area (Å²) in [7, 11) is -3.73. The first-order valence-corrected chi connectivity index (χ1v) is 9.60. The number of benzene rings is 2. The number of nitrogens with two attached hydrogens (primary N) is 1. The zero-order valence-electron chi connectivity index (χ0n) is 10.8. The molecule has 112 valence electrons. The number of hydrogen-bond donors (Lipinski definition) is 2. The number of aryl methyl sites for hydroxylation is 1. The van der Waals surface area contributed by atoms with Crippen molar-refractivity contribution in [3.05, 3.63) is 49.3 Å². The number of nitrogens with one attached hydrogen (secondary N) is 1. The van der Waals surface area contributed by atoms with Crippen LogP contribution in [0.2, 0.25) is 0 Å². The van der Waals surface area contributed by atoms with Crippen LogP contribution >= 0.6 is 47.8 Å². The Morgan fingerprint density at radius 1 is 1.00 bits per heavy atom. The molecule has 0 aromatic heterocycles. The molecule has 3 N–H and O–H groups in total. The minimum absolute atomic E-state index is 0.121. The van der Waals surface area contributed by atoms with Crippen molar-refractivity contribution in [2.24, 2.45) is 0 Å². The summed E-state index contributed by atoms with van der Waals surface area (Å²) in [6.07, 6.45) is 0. The Hall–Kier alpha value is -0.570. The molecule has 2 aromatic carbocycles. The predicted molar refractivity (Wildman–Crippen MR) is 95.9 cm³/mol. The van der Waals surface area contributed by atoms with Crippen LogP contribution < -0.4 is 10.5 Å². The maximum atomic E-state index is 12.5. The second-order valence-corrected chi connectivity index (χ2v) is 8.61. The molecule has 0 heterocycles. The van der Waals surface area contributed by atoms with Gasteiger partial charge in [-0.05, 0) is 90.6 Å². The van der Waals surface area contributed by atoms with Crippen molar-refractivity contribution in [3.63, 3.8) is 0 Å². The fourth-order valence-corrected chi connectivity index (χ4v) is 5.80. The Balaban J connectivity index is 2.47. The highest BCUT2D eigenvalue weighted by atomic mass is 79.9. The van der Waals surface area contributed by atoms with E-state index in [1.807, 2.05) is 19.1 Å². The summed E-state index contributed by atoms with van der Waals surface area (Å²) in [6, 6.07) is 8.21. The molecule has 2 rings (SSSR count). The van der Waals surface area contributed by atoms with E-state index in [9.17, 15) is 8.42 Å². The Morgan fingerprint density at radius 2 is 1.57 bits per heavy atom. The predicted octanol–water partition coefficient (Wildman–Crippen LogP) is 4.67. The Kier molecular flexibility index (Phi) is 5.02. The van der Waals surface area contributed by atoms with Crippen molar-refractivity contribution in [1.29, 1.82) is 0 Å². The topological polar surface area (TPSA) is 72.2 Å². The van der Waals surface area contributed by atoms with E-state index in [2.05, 4.69) is 52.5 Å². The quantitative estimate of drug-likeness (QED) is 0.604. The third kappa shape index (κ3) is 3.80. The summed E-state index contributed by atoms with van der Waals surface area (Å²) in [6.45, 7) is 1.92. The van der Waals surface area contributed by atoms with E-state index >= 15 is 0 Å². The average molecular weight is 499 g/mol. The van der Waals surface area contributed by atoms with E-state index in [1.54, 1.807) is 12.1 Å². The molecule has 0 fully saturated rings. The first kappa shape index (κ1) is 16.8. The molecule has 0 aliphatic heterocycles. The number of hydrogen-bond acceptors (Lipinski definition) is 3. The summed E-state index contributed by atoms with van der Waals surface area (Å²) in [5, 5.41) is 0. The van der Waals surface area contributed by atoms with E-state index in [1.165, 1.54) is 6.07 Å². The maximum Gasteiger partial charge on any atom is 0.263 e. The van der Waals surface area contributed by atoms with Crippen molar-refractivity contribution in [1.82, 2.24) is 0 Å². The second-order valence-electron chi connectivity index (χ2n) is 4.40. The third-order valence-electron chi connectivity index (χ3n) is 2.67. The lowest BCUT2D eigenvalue weighted by molar-refractivity contribution is 0.600. The molecule has 0 amide bonds. The monoisotopic (exact) mass is 496 g/mol. The molecule has 0 radical (unpaired) electrons. The minimum atomic E-state index is -3.73. The summed E-state index contributed by atoms with van der Waals surface area (Å²) in [5.74, 6) is 0. The molecule has 0 saturated carbocycles. The average Bonchev–Trinajstić information content (AvgIpc) is 2.33. The number of rotatable bonds is 3. The van der Waals surface area contributed by atoms with Crippen molar-refractivity contribution < 1.29 is 8.42 Å². The van der Waals surface area contributed by atoms with Gasteiger partial charge in [0, 0.05) is 19.1 Å². The van der Waals surface area contributed by atoms with E-state index in [4.69, 9.17) is 5.73 Å². The van der Waals surface area contributed by atoms with Gasteiger partial charge >= 0.3 is 0 Å². The van der Waals surface area contributed by atoms with Crippen LogP contribution in [0, 0.1) is 6.92 Å². The van der Waals surface area contributed by atoms with Crippen molar-refractivity contribution >= 4 is 69.2 Å². The molecule has 0 spiro atoms. The molecule has 0 aliphatic rings. The van der Waals surface area contributed by atoms with Gasteiger partial charge in [-0.1, -0.05) is 0 Å². The molecule has 8 heteroatoms. The summed E-state index contributed by atoms with van der Waals surface area (Å²) < 4.78 is 29.3. The smallest absolute Gasteiger partial charge is 0.263 e. The molecular weight excluding hydrogens is 488 g/mol. The molecular formula is C13H11Br3N2O2S. The number of sulfonamides is 1. The third-order valence-corrected chi connectivity index (χ3v) is 6.25. The van der Waals surface area contributed by atoms with Crippen LogP contribution in [0.4, 0.5) is 11.4 Å². The molecule has 0 atom stereocenters. The fraction of sp³-hybridized carbons (Fsp3) is 0.0769. The molecule has 4 nitrogen and oxygen atoms in total. The lowest BCUT2D eigenvalue weighted by Crippen LogP contribution is -2.14. The second kappa shape index (κ2) is 6.28. The molecule has 0 unspecified atom stereocenters. The first-order valence-electron chi connectivity index (χ1n) is 5.74. The molecule has 0 bridgehead atoms. The van der Waals surface area contributed by atoms with Gasteiger partial charge in [0.1, 0.15) is 4.90 Å². The van der Waals surface area contributed by atoms with Crippen LogP contribution in [0.1, 0.15) is 5.56 Å². The molecule has 0 saturated heterocycles. The molecule has 2 aromatic rings. The number of halogens is 3.